The Kier molecular flexibility index (Phi) is 3.74. The monoisotopic (exact) mass is 376 g/mol. The first-order valence-electron chi connectivity index (χ1n) is 10.6. The number of fused-ring (bicyclic) bond motifs is 6. The maximum atomic E-state index is 13.5. The molecule has 0 fully saturated rings. The summed E-state index contributed by atoms with van der Waals surface area (Å²) in [7, 11) is 0. The molecule has 0 atom stereocenters. The zero-order chi connectivity index (χ0) is 19.6. The predicted octanol–water partition coefficient (Wildman–Crippen LogP) is 4.86. The van der Waals surface area contributed by atoms with E-state index in [1.54, 1.807) is 0 Å². The third kappa shape index (κ3) is 2.07. The van der Waals surface area contributed by atoms with Gasteiger partial charge in [-0.3, -0.25) is 9.89 Å². The van der Waals surface area contributed by atoms with E-state index in [-0.39, 0.29) is 11.9 Å². The number of hydrogen-bond acceptors (Lipinski definition) is 2. The fourth-order valence-electron chi connectivity index (χ4n) is 5.42. The lowest BCUT2D eigenvalue weighted by Gasteiger charge is -2.27. The summed E-state index contributed by atoms with van der Waals surface area (Å²) in [5, 5.41) is 8.72. The summed E-state index contributed by atoms with van der Waals surface area (Å²) < 4.78 is 0. The van der Waals surface area contributed by atoms with Crippen LogP contribution < -0.4 is 4.90 Å². The zero-order valence-corrected chi connectivity index (χ0v) is 17.1. The second kappa shape index (κ2) is 5.97. The Labute approximate surface area is 165 Å². The Morgan fingerprint density at radius 1 is 1.18 bits per heavy atom. The van der Waals surface area contributed by atoms with Crippen molar-refractivity contribution in [2.24, 2.45) is 0 Å². The molecule has 0 spiro atoms. The predicted molar refractivity (Wildman–Crippen MR) is 113 cm³/mol. The summed E-state index contributed by atoms with van der Waals surface area (Å²) in [4.78, 5) is 19.2. The van der Waals surface area contributed by atoms with Gasteiger partial charge in [0, 0.05) is 22.6 Å². The average Bonchev–Trinajstić information content (AvgIpc) is 3.30. The van der Waals surface area contributed by atoms with Gasteiger partial charge in [-0.1, -0.05) is 13.8 Å². The number of amides is 1. The van der Waals surface area contributed by atoms with E-state index in [0.29, 0.717) is 0 Å². The molecule has 28 heavy (non-hydrogen) atoms. The highest BCUT2D eigenvalue weighted by Crippen LogP contribution is 2.49. The highest BCUT2D eigenvalue weighted by molar-refractivity contribution is 6.11. The van der Waals surface area contributed by atoms with Crippen molar-refractivity contribution in [2.45, 2.75) is 71.3 Å². The molecule has 0 bridgehead atoms. The summed E-state index contributed by atoms with van der Waals surface area (Å²) in [6.07, 6.45) is 6.81. The lowest BCUT2D eigenvalue weighted by atomic mass is 9.76. The van der Waals surface area contributed by atoms with Crippen LogP contribution in [-0.2, 0) is 23.1 Å². The molecule has 0 saturated heterocycles. The molecule has 1 aliphatic carbocycles. The third-order valence-corrected chi connectivity index (χ3v) is 6.99. The van der Waals surface area contributed by atoms with Gasteiger partial charge in [0.2, 0.25) is 5.91 Å². The minimum atomic E-state index is -0.407. The molecule has 5 heteroatoms. The number of carbonyl (C=O) groups excluding carboxylic acids is 1. The number of rotatable bonds is 3. The van der Waals surface area contributed by atoms with E-state index in [9.17, 15) is 4.79 Å². The number of hydrogen-bond donors (Lipinski definition) is 2. The largest absolute Gasteiger partial charge is 0.353 e. The van der Waals surface area contributed by atoms with Crippen molar-refractivity contribution in [1.29, 1.82) is 0 Å². The van der Waals surface area contributed by atoms with Crippen LogP contribution in [0.2, 0.25) is 0 Å². The lowest BCUT2D eigenvalue weighted by Crippen LogP contribution is -2.42. The van der Waals surface area contributed by atoms with Gasteiger partial charge in [-0.2, -0.15) is 5.10 Å². The van der Waals surface area contributed by atoms with Gasteiger partial charge in [0.1, 0.15) is 0 Å². The number of H-pyrrole nitrogens is 2. The third-order valence-electron chi connectivity index (χ3n) is 6.99. The molecule has 2 aromatic heterocycles. The molecule has 2 N–H and O–H groups in total. The first kappa shape index (κ1) is 17.5. The Balaban J connectivity index is 1.80. The maximum absolute atomic E-state index is 13.5. The molecule has 3 heterocycles. The van der Waals surface area contributed by atoms with Gasteiger partial charge in [-0.25, -0.2) is 0 Å². The number of anilines is 1. The summed E-state index contributed by atoms with van der Waals surface area (Å²) in [6, 6.07) is 4.68. The molecular formula is C23H28N4O. The number of nitrogens with one attached hydrogen (secondary N) is 2. The number of aryl methyl sites for hydroxylation is 2. The van der Waals surface area contributed by atoms with Crippen LogP contribution in [-0.4, -0.2) is 27.1 Å². The van der Waals surface area contributed by atoms with Crippen LogP contribution in [0, 0.1) is 0 Å². The van der Waals surface area contributed by atoms with E-state index >= 15 is 0 Å². The number of nitrogens with zero attached hydrogens (tertiary/aromatic N) is 2. The first-order valence-corrected chi connectivity index (χ1v) is 10.6. The van der Waals surface area contributed by atoms with E-state index in [0.717, 1.165) is 49.0 Å². The van der Waals surface area contributed by atoms with Gasteiger partial charge in [-0.05, 0) is 74.8 Å². The molecule has 2 aliphatic rings. The smallest absolute Gasteiger partial charge is 0.237 e. The average molecular weight is 377 g/mol. The van der Waals surface area contributed by atoms with Gasteiger partial charge < -0.3 is 9.88 Å². The Morgan fingerprint density at radius 3 is 2.68 bits per heavy atom. The number of aromatic amines is 2. The van der Waals surface area contributed by atoms with E-state index in [4.69, 9.17) is 0 Å². The van der Waals surface area contributed by atoms with Crippen LogP contribution in [0.1, 0.15) is 63.6 Å². The quantitative estimate of drug-likeness (QED) is 0.686. The molecule has 1 amide bonds. The molecule has 0 radical (unpaired) electrons. The van der Waals surface area contributed by atoms with Crippen LogP contribution in [0.25, 0.3) is 22.3 Å². The fraction of sp³-hybridized carbons (Fsp3) is 0.478. The fourth-order valence-corrected chi connectivity index (χ4v) is 5.42. The van der Waals surface area contributed by atoms with Crippen molar-refractivity contribution < 1.29 is 4.79 Å². The molecule has 5 nitrogen and oxygen atoms in total. The summed E-state index contributed by atoms with van der Waals surface area (Å²) in [5.74, 6) is 0.261. The van der Waals surface area contributed by atoms with Crippen molar-refractivity contribution in [3.8, 4) is 11.4 Å². The van der Waals surface area contributed by atoms with E-state index in [2.05, 4.69) is 55.0 Å². The van der Waals surface area contributed by atoms with Crippen molar-refractivity contribution in [3.63, 3.8) is 0 Å². The van der Waals surface area contributed by atoms with Crippen molar-refractivity contribution >= 4 is 22.5 Å². The Hall–Kier alpha value is -2.56. The lowest BCUT2D eigenvalue weighted by molar-refractivity contribution is -0.123. The Morgan fingerprint density at radius 2 is 1.96 bits per heavy atom. The maximum Gasteiger partial charge on any atom is 0.237 e. The molecule has 0 unspecified atom stereocenters. The minimum absolute atomic E-state index is 0.153. The van der Waals surface area contributed by atoms with Gasteiger partial charge >= 0.3 is 0 Å². The van der Waals surface area contributed by atoms with Gasteiger partial charge in [0.15, 0.2) is 0 Å². The van der Waals surface area contributed by atoms with Crippen LogP contribution in [0.15, 0.2) is 18.3 Å². The van der Waals surface area contributed by atoms with Crippen molar-refractivity contribution in [2.75, 3.05) is 4.90 Å². The molecule has 5 rings (SSSR count). The zero-order valence-electron chi connectivity index (χ0n) is 17.1. The second-order valence-electron chi connectivity index (χ2n) is 8.58. The van der Waals surface area contributed by atoms with E-state index in [1.807, 2.05) is 11.1 Å². The molecule has 1 aliphatic heterocycles. The summed E-state index contributed by atoms with van der Waals surface area (Å²) >= 11 is 0. The van der Waals surface area contributed by atoms with Crippen molar-refractivity contribution in [3.05, 3.63) is 35.0 Å². The van der Waals surface area contributed by atoms with Crippen LogP contribution in [0.5, 0.6) is 0 Å². The summed E-state index contributed by atoms with van der Waals surface area (Å²) in [5.41, 5.74) is 7.95. The van der Waals surface area contributed by atoms with Crippen LogP contribution in [0.4, 0.5) is 5.69 Å². The van der Waals surface area contributed by atoms with Gasteiger partial charge in [0.25, 0.3) is 0 Å². The van der Waals surface area contributed by atoms with Gasteiger partial charge in [0.05, 0.1) is 23.0 Å². The molecular weight excluding hydrogens is 348 g/mol. The highest BCUT2D eigenvalue weighted by Gasteiger charge is 2.49. The number of aromatic nitrogens is 3. The van der Waals surface area contributed by atoms with Crippen LogP contribution >= 0.6 is 0 Å². The molecule has 3 aromatic rings. The SMILES string of the molecule is CCC1(CC)C(=O)N(C(C)C)c2cc3c4c([nH]c3cc21)-c1[nH]ncc1CCC4. The highest BCUT2D eigenvalue weighted by atomic mass is 16.2. The molecule has 1 aromatic carbocycles. The first-order chi connectivity index (χ1) is 13.5. The second-order valence-corrected chi connectivity index (χ2v) is 8.58. The number of carbonyl (C=O) groups is 1. The van der Waals surface area contributed by atoms with E-state index in [1.165, 1.54) is 27.8 Å². The van der Waals surface area contributed by atoms with Gasteiger partial charge in [-0.15, -0.1) is 0 Å². The standard InChI is InChI=1S/C23H28N4O/c1-5-23(6-2)17-11-18-16(10-19(17)27(13(3)4)22(23)28)15-9-7-8-14-12-24-26-20(14)21(15)25-18/h10-13,25H,5-9H2,1-4H3,(H,24,26). The summed E-state index contributed by atoms with van der Waals surface area (Å²) in [6.45, 7) is 8.50. The van der Waals surface area contributed by atoms with Crippen molar-refractivity contribution in [1.82, 2.24) is 15.2 Å². The molecule has 146 valence electrons. The topological polar surface area (TPSA) is 64.8 Å². The number of benzene rings is 1. The normalized spacial score (nSPS) is 17.8. The van der Waals surface area contributed by atoms with Crippen LogP contribution in [0.3, 0.4) is 0 Å². The minimum Gasteiger partial charge on any atom is -0.353 e. The molecule has 0 saturated carbocycles. The van der Waals surface area contributed by atoms with E-state index < -0.39 is 5.41 Å². The Bertz CT molecular complexity index is 1080.